The largest absolute Gasteiger partial charge is 0.383 e. The van der Waals surface area contributed by atoms with Crippen LogP contribution in [0.3, 0.4) is 0 Å². The number of rotatable bonds is 7. The van der Waals surface area contributed by atoms with Gasteiger partial charge in [0.15, 0.2) is 0 Å². The molecule has 0 radical (unpaired) electrons. The minimum Gasteiger partial charge on any atom is -0.383 e. The van der Waals surface area contributed by atoms with Crippen molar-refractivity contribution in [3.05, 3.63) is 0 Å². The summed E-state index contributed by atoms with van der Waals surface area (Å²) in [5.74, 6) is 1.80. The first-order valence-corrected chi connectivity index (χ1v) is 7.16. The maximum atomic E-state index is 5.02. The maximum Gasteiger partial charge on any atom is 0.0587 e. The minimum absolute atomic E-state index is 0.815. The molecule has 0 amide bonds. The molecule has 1 atom stereocenters. The van der Waals surface area contributed by atoms with Gasteiger partial charge < -0.3 is 15.0 Å². The highest BCUT2D eigenvalue weighted by atomic mass is 16.5. The van der Waals surface area contributed by atoms with Crippen LogP contribution in [0.5, 0.6) is 0 Å². The molecule has 1 heterocycles. The third kappa shape index (κ3) is 6.39. The van der Waals surface area contributed by atoms with Crippen LogP contribution in [0.25, 0.3) is 0 Å². The normalized spacial score (nSPS) is 22.9. The van der Waals surface area contributed by atoms with Gasteiger partial charge in [-0.3, -0.25) is 0 Å². The third-order valence-electron chi connectivity index (χ3n) is 3.90. The molecule has 0 bridgehead atoms. The number of hydrogen-bond acceptors (Lipinski definition) is 3. The van der Waals surface area contributed by atoms with Crippen molar-refractivity contribution in [2.24, 2.45) is 11.8 Å². The second kappa shape index (κ2) is 8.90. The Hall–Kier alpha value is -0.120. The van der Waals surface area contributed by atoms with Gasteiger partial charge in [0, 0.05) is 26.7 Å². The zero-order valence-electron chi connectivity index (χ0n) is 11.9. The Bertz CT molecular complexity index is 185. The lowest BCUT2D eigenvalue weighted by Crippen LogP contribution is -2.34. The van der Waals surface area contributed by atoms with Gasteiger partial charge in [0.2, 0.25) is 0 Å². The van der Waals surface area contributed by atoms with Crippen LogP contribution in [-0.4, -0.2) is 51.3 Å². The van der Waals surface area contributed by atoms with E-state index in [0.29, 0.717) is 0 Å². The summed E-state index contributed by atoms with van der Waals surface area (Å²) < 4.78 is 5.02. The van der Waals surface area contributed by atoms with Gasteiger partial charge in [0.1, 0.15) is 0 Å². The molecule has 1 unspecified atom stereocenters. The summed E-state index contributed by atoms with van der Waals surface area (Å²) in [6.45, 7) is 11.4. The lowest BCUT2D eigenvalue weighted by Gasteiger charge is -2.21. The summed E-state index contributed by atoms with van der Waals surface area (Å²) in [5, 5.41) is 3.42. The van der Waals surface area contributed by atoms with Crippen molar-refractivity contribution in [1.82, 2.24) is 10.2 Å². The van der Waals surface area contributed by atoms with Gasteiger partial charge in [-0.15, -0.1) is 0 Å². The number of hydrogen-bond donors (Lipinski definition) is 1. The van der Waals surface area contributed by atoms with E-state index in [1.807, 2.05) is 0 Å². The molecule has 0 aliphatic carbocycles. The summed E-state index contributed by atoms with van der Waals surface area (Å²) >= 11 is 0. The van der Waals surface area contributed by atoms with Gasteiger partial charge in [0.25, 0.3) is 0 Å². The molecular formula is C14H30N2O. The highest BCUT2D eigenvalue weighted by Gasteiger charge is 2.18. The standard InChI is InChI=1S/C14H30N2O/c1-13(2)14-5-4-9-16(10-6-14)11-7-15-8-12-17-3/h13-15H,4-12H2,1-3H3. The molecule has 3 heteroatoms. The Labute approximate surface area is 107 Å². The van der Waals surface area contributed by atoms with Crippen LogP contribution in [0.2, 0.25) is 0 Å². The van der Waals surface area contributed by atoms with E-state index in [9.17, 15) is 0 Å². The molecule has 3 nitrogen and oxygen atoms in total. The van der Waals surface area contributed by atoms with Crippen molar-refractivity contribution in [1.29, 1.82) is 0 Å². The Kier molecular flexibility index (Phi) is 7.82. The van der Waals surface area contributed by atoms with Crippen molar-refractivity contribution in [3.8, 4) is 0 Å². The highest BCUT2D eigenvalue weighted by molar-refractivity contribution is 4.72. The van der Waals surface area contributed by atoms with Gasteiger partial charge in [-0.2, -0.15) is 0 Å². The van der Waals surface area contributed by atoms with Crippen LogP contribution in [0.1, 0.15) is 33.1 Å². The van der Waals surface area contributed by atoms with Crippen molar-refractivity contribution in [3.63, 3.8) is 0 Å². The van der Waals surface area contributed by atoms with Crippen molar-refractivity contribution >= 4 is 0 Å². The molecule has 0 aromatic heterocycles. The molecule has 1 aliphatic rings. The van der Waals surface area contributed by atoms with Crippen molar-refractivity contribution < 1.29 is 4.74 Å². The van der Waals surface area contributed by atoms with Crippen LogP contribution in [-0.2, 0) is 4.74 Å². The summed E-state index contributed by atoms with van der Waals surface area (Å²) in [4.78, 5) is 2.61. The predicted octanol–water partition coefficient (Wildman–Crippen LogP) is 1.98. The van der Waals surface area contributed by atoms with Crippen LogP contribution in [0.4, 0.5) is 0 Å². The minimum atomic E-state index is 0.815. The Morgan fingerprint density at radius 1 is 1.24 bits per heavy atom. The molecule has 0 aromatic rings. The SMILES string of the molecule is COCCNCCN1CCCC(C(C)C)CC1. The summed E-state index contributed by atoms with van der Waals surface area (Å²) in [6.07, 6.45) is 4.18. The average Bonchev–Trinajstić information content (AvgIpc) is 2.54. The van der Waals surface area contributed by atoms with Gasteiger partial charge in [-0.25, -0.2) is 0 Å². The number of likely N-dealkylation sites (tertiary alicyclic amines) is 1. The fourth-order valence-electron chi connectivity index (χ4n) is 2.61. The van der Waals surface area contributed by atoms with Crippen LogP contribution in [0, 0.1) is 11.8 Å². The van der Waals surface area contributed by atoms with Crippen LogP contribution < -0.4 is 5.32 Å². The maximum absolute atomic E-state index is 5.02. The van der Waals surface area contributed by atoms with Gasteiger partial charge in [-0.05, 0) is 44.2 Å². The summed E-state index contributed by atoms with van der Waals surface area (Å²) in [5.41, 5.74) is 0. The van der Waals surface area contributed by atoms with Gasteiger partial charge in [-0.1, -0.05) is 13.8 Å². The highest BCUT2D eigenvalue weighted by Crippen LogP contribution is 2.24. The lowest BCUT2D eigenvalue weighted by atomic mass is 9.89. The zero-order chi connectivity index (χ0) is 12.5. The second-order valence-electron chi connectivity index (χ2n) is 5.52. The molecule has 0 aromatic carbocycles. The number of ether oxygens (including phenoxy) is 1. The second-order valence-corrected chi connectivity index (χ2v) is 5.52. The monoisotopic (exact) mass is 242 g/mol. The van der Waals surface area contributed by atoms with E-state index in [4.69, 9.17) is 4.74 Å². The first kappa shape index (κ1) is 14.9. The number of methoxy groups -OCH3 is 1. The molecule has 0 saturated carbocycles. The Balaban J connectivity index is 2.09. The first-order valence-electron chi connectivity index (χ1n) is 7.16. The fraction of sp³-hybridized carbons (Fsp3) is 1.00. The van der Waals surface area contributed by atoms with E-state index in [0.717, 1.165) is 31.5 Å². The first-order chi connectivity index (χ1) is 8.24. The third-order valence-corrected chi connectivity index (χ3v) is 3.90. The van der Waals surface area contributed by atoms with E-state index in [-0.39, 0.29) is 0 Å². The smallest absolute Gasteiger partial charge is 0.0587 e. The summed E-state index contributed by atoms with van der Waals surface area (Å²) in [6, 6.07) is 0. The van der Waals surface area contributed by atoms with Gasteiger partial charge in [0.05, 0.1) is 6.61 Å². The molecule has 1 rings (SSSR count). The van der Waals surface area contributed by atoms with Crippen LogP contribution in [0.15, 0.2) is 0 Å². The predicted molar refractivity (Wildman–Crippen MR) is 73.4 cm³/mol. The molecular weight excluding hydrogens is 212 g/mol. The summed E-state index contributed by atoms with van der Waals surface area (Å²) in [7, 11) is 1.75. The lowest BCUT2D eigenvalue weighted by molar-refractivity contribution is 0.196. The molecule has 1 fully saturated rings. The van der Waals surface area contributed by atoms with E-state index in [1.54, 1.807) is 7.11 Å². The molecule has 1 N–H and O–H groups in total. The van der Waals surface area contributed by atoms with E-state index >= 15 is 0 Å². The van der Waals surface area contributed by atoms with Crippen LogP contribution >= 0.6 is 0 Å². The topological polar surface area (TPSA) is 24.5 Å². The molecule has 0 spiro atoms. The van der Waals surface area contributed by atoms with Gasteiger partial charge >= 0.3 is 0 Å². The number of nitrogens with zero attached hydrogens (tertiary/aromatic N) is 1. The molecule has 1 saturated heterocycles. The molecule has 17 heavy (non-hydrogen) atoms. The molecule has 102 valence electrons. The van der Waals surface area contributed by atoms with E-state index in [1.165, 1.54) is 38.9 Å². The quantitative estimate of drug-likeness (QED) is 0.691. The number of nitrogens with one attached hydrogen (secondary N) is 1. The van der Waals surface area contributed by atoms with Crippen molar-refractivity contribution in [2.45, 2.75) is 33.1 Å². The molecule has 1 aliphatic heterocycles. The average molecular weight is 242 g/mol. The van der Waals surface area contributed by atoms with E-state index in [2.05, 4.69) is 24.1 Å². The zero-order valence-corrected chi connectivity index (χ0v) is 11.9. The Morgan fingerprint density at radius 2 is 2.06 bits per heavy atom. The Morgan fingerprint density at radius 3 is 2.76 bits per heavy atom. The van der Waals surface area contributed by atoms with E-state index < -0.39 is 0 Å². The fourth-order valence-corrected chi connectivity index (χ4v) is 2.61. The van der Waals surface area contributed by atoms with Crippen molar-refractivity contribution in [2.75, 3.05) is 46.4 Å².